The minimum Gasteiger partial charge on any atom is -0.481 e. The molecule has 9 heteroatoms. The van der Waals surface area contributed by atoms with E-state index in [4.69, 9.17) is 15.6 Å². The predicted octanol–water partition coefficient (Wildman–Crippen LogP) is -0.632. The molecule has 1 aliphatic heterocycles. The van der Waals surface area contributed by atoms with Crippen LogP contribution in [0.5, 0.6) is 0 Å². The lowest BCUT2D eigenvalue weighted by Crippen LogP contribution is -2.42. The predicted molar refractivity (Wildman–Crippen MR) is 70.0 cm³/mol. The summed E-state index contributed by atoms with van der Waals surface area (Å²) in [6.07, 6.45) is 0.0150. The largest absolute Gasteiger partial charge is 0.481 e. The van der Waals surface area contributed by atoms with Gasteiger partial charge in [-0.05, 0) is 7.05 Å². The first kappa shape index (κ1) is 14.1. The number of carboxylic acids is 1. The fraction of sp³-hybridized carbons (Fsp3) is 0.700. The van der Waals surface area contributed by atoms with Gasteiger partial charge in [-0.25, -0.2) is 0 Å². The SMILES string of the molecule is CN1CCOC(Cn2c(N)nnc2SCC(=O)O)C1. The molecule has 1 aliphatic rings. The van der Waals surface area contributed by atoms with Crippen LogP contribution >= 0.6 is 11.8 Å². The Morgan fingerprint density at radius 3 is 3.11 bits per heavy atom. The minimum absolute atomic E-state index is 0.0150. The Bertz CT molecular complexity index is 452. The average molecular weight is 287 g/mol. The summed E-state index contributed by atoms with van der Waals surface area (Å²) in [7, 11) is 2.03. The first-order valence-electron chi connectivity index (χ1n) is 5.89. The first-order valence-corrected chi connectivity index (χ1v) is 6.88. The number of nitrogen functional groups attached to an aromatic ring is 1. The van der Waals surface area contributed by atoms with Crippen LogP contribution < -0.4 is 5.73 Å². The summed E-state index contributed by atoms with van der Waals surface area (Å²) in [5, 5.41) is 16.9. The molecule has 1 saturated heterocycles. The molecule has 0 spiro atoms. The van der Waals surface area contributed by atoms with Gasteiger partial charge in [-0.3, -0.25) is 9.36 Å². The second kappa shape index (κ2) is 6.22. The number of carboxylic acid groups (broad SMARTS) is 1. The summed E-state index contributed by atoms with van der Waals surface area (Å²) in [4.78, 5) is 12.8. The van der Waals surface area contributed by atoms with Crippen molar-refractivity contribution in [3.8, 4) is 0 Å². The quantitative estimate of drug-likeness (QED) is 0.689. The summed E-state index contributed by atoms with van der Waals surface area (Å²) in [5.41, 5.74) is 5.76. The van der Waals surface area contributed by atoms with Crippen molar-refractivity contribution in [1.29, 1.82) is 0 Å². The van der Waals surface area contributed by atoms with E-state index in [1.807, 2.05) is 7.05 Å². The van der Waals surface area contributed by atoms with Crippen LogP contribution in [0.4, 0.5) is 5.95 Å². The maximum atomic E-state index is 10.6. The number of nitrogens with zero attached hydrogens (tertiary/aromatic N) is 4. The summed E-state index contributed by atoms with van der Waals surface area (Å²) >= 11 is 1.11. The molecule has 3 N–H and O–H groups in total. The normalized spacial score (nSPS) is 20.6. The fourth-order valence-corrected chi connectivity index (χ4v) is 2.56. The van der Waals surface area contributed by atoms with Crippen LogP contribution in [0.3, 0.4) is 0 Å². The van der Waals surface area contributed by atoms with E-state index in [2.05, 4.69) is 15.1 Å². The van der Waals surface area contributed by atoms with E-state index in [1.165, 1.54) is 0 Å². The number of carbonyl (C=O) groups is 1. The number of hydrogen-bond donors (Lipinski definition) is 2. The third kappa shape index (κ3) is 3.82. The van der Waals surface area contributed by atoms with Crippen LogP contribution in [-0.4, -0.2) is 69.3 Å². The molecule has 0 saturated carbocycles. The van der Waals surface area contributed by atoms with Crippen molar-refractivity contribution in [3.63, 3.8) is 0 Å². The number of thioether (sulfide) groups is 1. The molecule has 0 radical (unpaired) electrons. The van der Waals surface area contributed by atoms with E-state index in [9.17, 15) is 4.79 Å². The molecule has 0 aliphatic carbocycles. The molecule has 2 heterocycles. The summed E-state index contributed by atoms with van der Waals surface area (Å²) in [6, 6.07) is 0. The van der Waals surface area contributed by atoms with Crippen molar-refractivity contribution < 1.29 is 14.6 Å². The van der Waals surface area contributed by atoms with Gasteiger partial charge in [0.1, 0.15) is 0 Å². The van der Waals surface area contributed by atoms with Gasteiger partial charge in [0.25, 0.3) is 0 Å². The number of likely N-dealkylation sites (N-methyl/N-ethyl adjacent to an activating group) is 1. The van der Waals surface area contributed by atoms with E-state index < -0.39 is 5.97 Å². The van der Waals surface area contributed by atoms with Gasteiger partial charge in [0.2, 0.25) is 5.95 Å². The van der Waals surface area contributed by atoms with Crippen molar-refractivity contribution >= 4 is 23.7 Å². The maximum Gasteiger partial charge on any atom is 0.313 e. The molecule has 0 amide bonds. The number of nitrogens with two attached hydrogens (primary N) is 1. The van der Waals surface area contributed by atoms with E-state index in [0.717, 1.165) is 24.9 Å². The molecular formula is C10H17N5O3S. The van der Waals surface area contributed by atoms with Gasteiger partial charge >= 0.3 is 5.97 Å². The monoisotopic (exact) mass is 287 g/mol. The Morgan fingerprint density at radius 2 is 2.42 bits per heavy atom. The molecule has 0 bridgehead atoms. The highest BCUT2D eigenvalue weighted by atomic mass is 32.2. The molecule has 1 unspecified atom stereocenters. The van der Waals surface area contributed by atoms with Crippen molar-refractivity contribution in [2.75, 3.05) is 38.2 Å². The molecule has 106 valence electrons. The van der Waals surface area contributed by atoms with Gasteiger partial charge in [0, 0.05) is 13.1 Å². The van der Waals surface area contributed by atoms with Crippen molar-refractivity contribution in [2.45, 2.75) is 17.8 Å². The van der Waals surface area contributed by atoms with E-state index in [0.29, 0.717) is 18.3 Å². The second-order valence-electron chi connectivity index (χ2n) is 4.39. The van der Waals surface area contributed by atoms with Crippen LogP contribution in [0, 0.1) is 0 Å². The molecule has 2 rings (SSSR count). The van der Waals surface area contributed by atoms with Gasteiger partial charge in [0.15, 0.2) is 5.16 Å². The zero-order valence-corrected chi connectivity index (χ0v) is 11.5. The number of rotatable bonds is 5. The van der Waals surface area contributed by atoms with Crippen molar-refractivity contribution in [3.05, 3.63) is 0 Å². The van der Waals surface area contributed by atoms with E-state index in [1.54, 1.807) is 4.57 Å². The second-order valence-corrected chi connectivity index (χ2v) is 5.33. The zero-order valence-electron chi connectivity index (χ0n) is 10.7. The highest BCUT2D eigenvalue weighted by Crippen LogP contribution is 2.19. The summed E-state index contributed by atoms with van der Waals surface area (Å²) in [6.45, 7) is 2.93. The number of aromatic nitrogens is 3. The molecule has 19 heavy (non-hydrogen) atoms. The Morgan fingerprint density at radius 1 is 1.63 bits per heavy atom. The lowest BCUT2D eigenvalue weighted by atomic mass is 10.3. The van der Waals surface area contributed by atoms with Gasteiger partial charge < -0.3 is 20.5 Å². The van der Waals surface area contributed by atoms with Gasteiger partial charge in [0.05, 0.1) is 25.0 Å². The molecule has 1 atom stereocenters. The van der Waals surface area contributed by atoms with Crippen LogP contribution in [-0.2, 0) is 16.1 Å². The Labute approximate surface area is 114 Å². The lowest BCUT2D eigenvalue weighted by molar-refractivity contribution is -0.133. The molecule has 1 aromatic rings. The standard InChI is InChI=1S/C10H17N5O3S/c1-14-2-3-18-7(4-14)5-15-9(11)12-13-10(15)19-6-8(16)17/h7H,2-6H2,1H3,(H2,11,12)(H,16,17). The van der Waals surface area contributed by atoms with Gasteiger partial charge in [-0.1, -0.05) is 11.8 Å². The summed E-state index contributed by atoms with van der Waals surface area (Å²) in [5.74, 6) is -0.680. The minimum atomic E-state index is -0.897. The van der Waals surface area contributed by atoms with Gasteiger partial charge in [-0.2, -0.15) is 0 Å². The molecule has 1 fully saturated rings. The average Bonchev–Trinajstić information content (AvgIpc) is 2.68. The smallest absolute Gasteiger partial charge is 0.313 e. The van der Waals surface area contributed by atoms with Crippen LogP contribution in [0.25, 0.3) is 0 Å². The lowest BCUT2D eigenvalue weighted by Gasteiger charge is -2.30. The third-order valence-corrected chi connectivity index (χ3v) is 3.75. The van der Waals surface area contributed by atoms with E-state index in [-0.39, 0.29) is 17.8 Å². The van der Waals surface area contributed by atoms with Crippen LogP contribution in [0.15, 0.2) is 5.16 Å². The summed E-state index contributed by atoms with van der Waals surface area (Å²) < 4.78 is 7.36. The molecule has 8 nitrogen and oxygen atoms in total. The number of ether oxygens (including phenoxy) is 1. The van der Waals surface area contributed by atoms with Gasteiger partial charge in [-0.15, -0.1) is 10.2 Å². The Hall–Kier alpha value is -1.32. The van der Waals surface area contributed by atoms with Crippen LogP contribution in [0.2, 0.25) is 0 Å². The number of hydrogen-bond acceptors (Lipinski definition) is 7. The highest BCUT2D eigenvalue weighted by molar-refractivity contribution is 7.99. The van der Waals surface area contributed by atoms with Crippen molar-refractivity contribution in [2.24, 2.45) is 0 Å². The molecule has 1 aromatic heterocycles. The maximum absolute atomic E-state index is 10.6. The fourth-order valence-electron chi connectivity index (χ4n) is 1.89. The third-order valence-electron chi connectivity index (χ3n) is 2.80. The highest BCUT2D eigenvalue weighted by Gasteiger charge is 2.21. The van der Waals surface area contributed by atoms with E-state index >= 15 is 0 Å². The number of anilines is 1. The Kier molecular flexibility index (Phi) is 4.61. The first-order chi connectivity index (χ1) is 9.06. The number of morpholine rings is 1. The molecule has 0 aromatic carbocycles. The Balaban J connectivity index is 2.02. The number of aliphatic carboxylic acids is 1. The topological polar surface area (TPSA) is 107 Å². The van der Waals surface area contributed by atoms with Crippen LogP contribution in [0.1, 0.15) is 0 Å². The van der Waals surface area contributed by atoms with Crippen molar-refractivity contribution in [1.82, 2.24) is 19.7 Å². The zero-order chi connectivity index (χ0) is 13.8. The molecular weight excluding hydrogens is 270 g/mol.